The van der Waals surface area contributed by atoms with Crippen LogP contribution < -0.4 is 5.73 Å². The molecule has 3 nitrogen and oxygen atoms in total. The molecule has 1 heterocycles. The van der Waals surface area contributed by atoms with Crippen LogP contribution in [-0.4, -0.2) is 22.5 Å². The van der Waals surface area contributed by atoms with Gasteiger partial charge in [0.25, 0.3) is 0 Å². The van der Waals surface area contributed by atoms with Gasteiger partial charge in [-0.25, -0.2) is 0 Å². The van der Waals surface area contributed by atoms with Crippen LogP contribution in [0.4, 0.5) is 13.2 Å². The van der Waals surface area contributed by atoms with Crippen LogP contribution in [0.1, 0.15) is 5.69 Å². The Bertz CT molecular complexity index is 348. The zero-order chi connectivity index (χ0) is 11.5. The van der Waals surface area contributed by atoms with E-state index in [0.717, 1.165) is 0 Å². The lowest BCUT2D eigenvalue weighted by molar-refractivity contribution is -0.325. The second-order valence-electron chi connectivity index (χ2n) is 2.75. The Morgan fingerprint density at radius 2 is 2.20 bits per heavy atom. The lowest BCUT2D eigenvalue weighted by Crippen LogP contribution is -2.20. The van der Waals surface area contributed by atoms with Crippen LogP contribution in [0, 0.1) is 0 Å². The van der Waals surface area contributed by atoms with E-state index in [2.05, 4.69) is 4.74 Å². The van der Waals surface area contributed by atoms with Gasteiger partial charge < -0.3 is 10.3 Å². The summed E-state index contributed by atoms with van der Waals surface area (Å²) < 4.78 is 40.1. The van der Waals surface area contributed by atoms with Crippen LogP contribution in [0.3, 0.4) is 0 Å². The minimum absolute atomic E-state index is 0.0547. The number of thiocarbonyl (C=S) groups is 1. The van der Waals surface area contributed by atoms with E-state index in [4.69, 9.17) is 18.0 Å². The van der Waals surface area contributed by atoms with Gasteiger partial charge in [0.05, 0.1) is 12.3 Å². The highest BCUT2D eigenvalue weighted by molar-refractivity contribution is 7.80. The van der Waals surface area contributed by atoms with E-state index < -0.39 is 13.0 Å². The van der Waals surface area contributed by atoms with Crippen LogP contribution in [0.25, 0.3) is 0 Å². The van der Waals surface area contributed by atoms with Crippen LogP contribution in [0.2, 0.25) is 0 Å². The van der Waals surface area contributed by atoms with Gasteiger partial charge in [0.2, 0.25) is 0 Å². The van der Waals surface area contributed by atoms with Crippen molar-refractivity contribution in [1.29, 1.82) is 0 Å². The van der Waals surface area contributed by atoms with E-state index in [0.29, 0.717) is 5.69 Å². The predicted octanol–water partition coefficient (Wildman–Crippen LogP) is 1.66. The van der Waals surface area contributed by atoms with Crippen molar-refractivity contribution in [3.63, 3.8) is 0 Å². The number of aromatic nitrogens is 1. The number of ether oxygens (including phenoxy) is 1. The summed E-state index contributed by atoms with van der Waals surface area (Å²) in [6, 6.07) is 3.29. The minimum atomic E-state index is -4.60. The maximum absolute atomic E-state index is 11.7. The number of hydrogen-bond donors (Lipinski definition) is 1. The highest BCUT2D eigenvalue weighted by Crippen LogP contribution is 2.16. The SMILES string of the molecule is NC(=S)c1cccn1CCOC(F)(F)F. The largest absolute Gasteiger partial charge is 0.522 e. The molecule has 2 N–H and O–H groups in total. The molecular formula is C8H9F3N2OS. The van der Waals surface area contributed by atoms with Gasteiger partial charge in [0, 0.05) is 12.7 Å². The molecule has 0 radical (unpaired) electrons. The van der Waals surface area contributed by atoms with Gasteiger partial charge in [-0.1, -0.05) is 12.2 Å². The molecule has 0 fully saturated rings. The number of rotatable bonds is 4. The smallest absolute Gasteiger partial charge is 0.388 e. The Kier molecular flexibility index (Phi) is 3.70. The molecule has 0 amide bonds. The molecule has 0 aromatic carbocycles. The lowest BCUT2D eigenvalue weighted by atomic mass is 10.4. The molecule has 1 rings (SSSR count). The van der Waals surface area contributed by atoms with Crippen LogP contribution in [0.5, 0.6) is 0 Å². The first kappa shape index (κ1) is 12.0. The van der Waals surface area contributed by atoms with Gasteiger partial charge in [0.1, 0.15) is 4.99 Å². The molecule has 7 heteroatoms. The third-order valence-electron chi connectivity index (χ3n) is 1.68. The van der Waals surface area contributed by atoms with Gasteiger partial charge in [-0.3, -0.25) is 4.74 Å². The summed E-state index contributed by atoms with van der Waals surface area (Å²) in [7, 11) is 0. The molecule has 0 bridgehead atoms. The summed E-state index contributed by atoms with van der Waals surface area (Å²) in [5.74, 6) is 0. The van der Waals surface area contributed by atoms with Crippen molar-refractivity contribution in [2.45, 2.75) is 12.9 Å². The summed E-state index contributed by atoms with van der Waals surface area (Å²) >= 11 is 4.72. The molecule has 0 atom stereocenters. The minimum Gasteiger partial charge on any atom is -0.388 e. The van der Waals surface area contributed by atoms with Crippen molar-refractivity contribution in [2.75, 3.05) is 6.61 Å². The fourth-order valence-electron chi connectivity index (χ4n) is 1.09. The molecule has 1 aromatic heterocycles. The quantitative estimate of drug-likeness (QED) is 0.811. The second kappa shape index (κ2) is 4.63. The maximum atomic E-state index is 11.7. The molecule has 0 spiro atoms. The van der Waals surface area contributed by atoms with Gasteiger partial charge in [-0.2, -0.15) is 0 Å². The fourth-order valence-corrected chi connectivity index (χ4v) is 1.28. The Morgan fingerprint density at radius 1 is 1.53 bits per heavy atom. The third kappa shape index (κ3) is 3.88. The summed E-state index contributed by atoms with van der Waals surface area (Å²) in [5.41, 5.74) is 5.89. The van der Waals surface area contributed by atoms with E-state index in [-0.39, 0.29) is 11.5 Å². The van der Waals surface area contributed by atoms with E-state index in [1.807, 2.05) is 0 Å². The zero-order valence-corrected chi connectivity index (χ0v) is 8.44. The molecular weight excluding hydrogens is 229 g/mol. The lowest BCUT2D eigenvalue weighted by Gasteiger charge is -2.10. The van der Waals surface area contributed by atoms with Gasteiger partial charge in [-0.05, 0) is 12.1 Å². The summed E-state index contributed by atoms with van der Waals surface area (Å²) in [4.78, 5) is 0.145. The Hall–Kier alpha value is -1.08. The molecule has 84 valence electrons. The normalized spacial score (nSPS) is 11.7. The third-order valence-corrected chi connectivity index (χ3v) is 1.89. The van der Waals surface area contributed by atoms with E-state index in [1.54, 1.807) is 18.3 Å². The van der Waals surface area contributed by atoms with Crippen molar-refractivity contribution in [2.24, 2.45) is 5.73 Å². The highest BCUT2D eigenvalue weighted by Gasteiger charge is 2.28. The Morgan fingerprint density at radius 3 is 2.73 bits per heavy atom. The first-order valence-corrected chi connectivity index (χ1v) is 4.46. The van der Waals surface area contributed by atoms with Crippen molar-refractivity contribution in [3.8, 4) is 0 Å². The molecule has 0 aliphatic heterocycles. The summed E-state index contributed by atoms with van der Waals surface area (Å²) in [6.07, 6.45) is -3.01. The number of hydrogen-bond acceptors (Lipinski definition) is 2. The van der Waals surface area contributed by atoms with Crippen molar-refractivity contribution in [3.05, 3.63) is 24.0 Å². The Balaban J connectivity index is 2.51. The monoisotopic (exact) mass is 238 g/mol. The molecule has 1 aromatic rings. The van der Waals surface area contributed by atoms with Crippen molar-refractivity contribution >= 4 is 17.2 Å². The maximum Gasteiger partial charge on any atom is 0.522 e. The van der Waals surface area contributed by atoms with Crippen LogP contribution in [0.15, 0.2) is 18.3 Å². The van der Waals surface area contributed by atoms with Crippen LogP contribution >= 0.6 is 12.2 Å². The molecule has 0 saturated heterocycles. The number of nitrogens with zero attached hydrogens (tertiary/aromatic N) is 1. The average Bonchev–Trinajstić information content (AvgIpc) is 2.49. The van der Waals surface area contributed by atoms with Crippen LogP contribution in [-0.2, 0) is 11.3 Å². The molecule has 0 unspecified atom stereocenters. The summed E-state index contributed by atoms with van der Waals surface area (Å²) in [5, 5.41) is 0. The van der Waals surface area contributed by atoms with Crippen molar-refractivity contribution < 1.29 is 17.9 Å². The average molecular weight is 238 g/mol. The van der Waals surface area contributed by atoms with E-state index in [9.17, 15) is 13.2 Å². The number of alkyl halides is 3. The molecule has 0 aliphatic rings. The predicted molar refractivity (Wildman–Crippen MR) is 52.3 cm³/mol. The van der Waals surface area contributed by atoms with Gasteiger partial charge in [0.15, 0.2) is 0 Å². The fraction of sp³-hybridized carbons (Fsp3) is 0.375. The Labute approximate surface area is 89.6 Å². The first-order chi connectivity index (χ1) is 6.90. The number of nitrogens with two attached hydrogens (primary N) is 1. The topological polar surface area (TPSA) is 40.2 Å². The molecule has 15 heavy (non-hydrogen) atoms. The number of halogens is 3. The summed E-state index contributed by atoms with van der Waals surface area (Å²) in [6.45, 7) is -0.410. The second-order valence-corrected chi connectivity index (χ2v) is 3.19. The molecule has 0 aliphatic carbocycles. The standard InChI is InChI=1S/C8H9F3N2OS/c9-8(10,11)14-5-4-13-3-1-2-6(13)7(12)15/h1-3H,4-5H2,(H2,12,15). The highest BCUT2D eigenvalue weighted by atomic mass is 32.1. The van der Waals surface area contributed by atoms with Gasteiger partial charge >= 0.3 is 6.36 Å². The molecule has 0 saturated carbocycles. The zero-order valence-electron chi connectivity index (χ0n) is 7.62. The van der Waals surface area contributed by atoms with E-state index >= 15 is 0 Å². The van der Waals surface area contributed by atoms with Gasteiger partial charge in [-0.15, -0.1) is 13.2 Å². The first-order valence-electron chi connectivity index (χ1n) is 4.06. The van der Waals surface area contributed by atoms with E-state index in [1.165, 1.54) is 4.57 Å². The van der Waals surface area contributed by atoms with Crippen molar-refractivity contribution in [1.82, 2.24) is 4.57 Å².